The van der Waals surface area contributed by atoms with Gasteiger partial charge in [0.1, 0.15) is 0 Å². The van der Waals surface area contributed by atoms with Crippen LogP contribution in [0.2, 0.25) is 0 Å². The quantitative estimate of drug-likeness (QED) is 0.558. The standard InChI is InChI=1S/C21H31NP2/c1-20(2,3)24(7,21(4,5)6)22-23(18-14-10-8-11-15-18)19-16-12-9-13-17-19/h8-17H,1-7H3/q+2. The Morgan fingerprint density at radius 1 is 0.667 bits per heavy atom. The van der Waals surface area contributed by atoms with Crippen molar-refractivity contribution in [3.63, 3.8) is 0 Å². The van der Waals surface area contributed by atoms with Crippen LogP contribution in [0.3, 0.4) is 0 Å². The molecule has 0 atom stereocenters. The predicted molar refractivity (Wildman–Crippen MR) is 114 cm³/mol. The maximum absolute atomic E-state index is 5.67. The number of hydrogen-bond donors (Lipinski definition) is 0. The van der Waals surface area contributed by atoms with E-state index in [0.717, 1.165) is 0 Å². The van der Waals surface area contributed by atoms with E-state index in [-0.39, 0.29) is 10.3 Å². The van der Waals surface area contributed by atoms with E-state index in [4.69, 9.17) is 4.52 Å². The normalized spacial score (nSPS) is 12.8. The van der Waals surface area contributed by atoms with E-state index < -0.39 is 15.1 Å². The van der Waals surface area contributed by atoms with Crippen LogP contribution in [0.5, 0.6) is 0 Å². The van der Waals surface area contributed by atoms with Gasteiger partial charge in [0.05, 0.1) is 21.5 Å². The number of rotatable bonds is 3. The summed E-state index contributed by atoms with van der Waals surface area (Å²) in [7, 11) is -2.26. The van der Waals surface area contributed by atoms with Crippen molar-refractivity contribution in [1.82, 2.24) is 0 Å². The molecule has 0 saturated heterocycles. The Morgan fingerprint density at radius 3 is 1.29 bits per heavy atom. The van der Waals surface area contributed by atoms with Crippen LogP contribution in [0.25, 0.3) is 0 Å². The van der Waals surface area contributed by atoms with Crippen LogP contribution in [0.1, 0.15) is 41.5 Å². The molecule has 0 heterocycles. The highest BCUT2D eigenvalue weighted by molar-refractivity contribution is 7.82. The second-order valence-corrected chi connectivity index (χ2v) is 15.3. The summed E-state index contributed by atoms with van der Waals surface area (Å²) in [5.74, 6) is 0. The van der Waals surface area contributed by atoms with Gasteiger partial charge in [0.2, 0.25) is 0 Å². The first-order valence-corrected chi connectivity index (χ1v) is 12.0. The number of nitrogens with zero attached hydrogens (tertiary/aromatic N) is 1. The van der Waals surface area contributed by atoms with E-state index in [1.54, 1.807) is 0 Å². The fraction of sp³-hybridized carbons (Fsp3) is 0.429. The summed E-state index contributed by atoms with van der Waals surface area (Å²) in [6.45, 7) is 16.6. The fourth-order valence-electron chi connectivity index (χ4n) is 2.84. The second kappa shape index (κ2) is 7.07. The van der Waals surface area contributed by atoms with Crippen molar-refractivity contribution in [2.24, 2.45) is 4.52 Å². The van der Waals surface area contributed by atoms with E-state index in [9.17, 15) is 0 Å². The molecule has 0 saturated carbocycles. The van der Waals surface area contributed by atoms with Crippen molar-refractivity contribution < 1.29 is 0 Å². The highest BCUT2D eigenvalue weighted by atomic mass is 31.2. The molecule has 3 heteroatoms. The fourth-order valence-corrected chi connectivity index (χ4v) is 10.5. The molecule has 0 aliphatic rings. The molecule has 2 aromatic rings. The molecule has 0 unspecified atom stereocenters. The third-order valence-electron chi connectivity index (χ3n) is 4.88. The van der Waals surface area contributed by atoms with E-state index >= 15 is 0 Å². The summed E-state index contributed by atoms with van der Waals surface area (Å²) >= 11 is 0. The molecule has 2 aromatic carbocycles. The molecule has 0 radical (unpaired) electrons. The molecule has 2 rings (SSSR count). The van der Waals surface area contributed by atoms with Crippen LogP contribution in [0.15, 0.2) is 65.2 Å². The SMILES string of the molecule is CC(C)(C)[P+](C)(N=[P+](c1ccccc1)c1ccccc1)C(C)(C)C. The molecular formula is C21H31NP2+2. The molecular weight excluding hydrogens is 328 g/mol. The van der Waals surface area contributed by atoms with Crippen molar-refractivity contribution in [1.29, 1.82) is 0 Å². The molecule has 0 amide bonds. The van der Waals surface area contributed by atoms with Gasteiger partial charge in [-0.05, 0) is 65.8 Å². The first-order chi connectivity index (χ1) is 11.1. The largest absolute Gasteiger partial charge is 0.321 e. The van der Waals surface area contributed by atoms with E-state index in [2.05, 4.69) is 109 Å². The minimum atomic E-state index is -1.57. The topological polar surface area (TPSA) is 12.4 Å². The molecule has 24 heavy (non-hydrogen) atoms. The van der Waals surface area contributed by atoms with Gasteiger partial charge in [-0.3, -0.25) is 0 Å². The lowest BCUT2D eigenvalue weighted by atomic mass is 10.2. The third-order valence-corrected chi connectivity index (χ3v) is 13.8. The summed E-state index contributed by atoms with van der Waals surface area (Å²) in [6, 6.07) is 21.6. The molecule has 0 N–H and O–H groups in total. The zero-order valence-corrected chi connectivity index (χ0v) is 17.9. The maximum Gasteiger partial charge on any atom is 0.321 e. The number of hydrogen-bond acceptors (Lipinski definition) is 1. The minimum absolute atomic E-state index is 0.190. The Morgan fingerprint density at radius 2 is 1.00 bits per heavy atom. The molecule has 1 nitrogen and oxygen atoms in total. The summed E-state index contributed by atoms with van der Waals surface area (Å²) in [5.41, 5.74) is 0. The first kappa shape index (κ1) is 19.3. The van der Waals surface area contributed by atoms with Gasteiger partial charge in [-0.1, -0.05) is 36.4 Å². The average Bonchev–Trinajstić information content (AvgIpc) is 2.52. The van der Waals surface area contributed by atoms with Crippen LogP contribution in [0, 0.1) is 0 Å². The van der Waals surface area contributed by atoms with E-state index in [1.807, 2.05) is 0 Å². The summed E-state index contributed by atoms with van der Waals surface area (Å²) in [5, 5.41) is 3.07. The number of benzene rings is 2. The second-order valence-electron chi connectivity index (χ2n) is 8.37. The molecule has 128 valence electrons. The van der Waals surface area contributed by atoms with Gasteiger partial charge in [-0.2, -0.15) is 0 Å². The lowest BCUT2D eigenvalue weighted by Gasteiger charge is -2.37. The highest BCUT2D eigenvalue weighted by Gasteiger charge is 2.58. The smallest absolute Gasteiger partial charge is 0.0619 e. The van der Waals surface area contributed by atoms with E-state index in [1.165, 1.54) is 10.6 Å². The van der Waals surface area contributed by atoms with Crippen LogP contribution < -0.4 is 10.6 Å². The summed E-state index contributed by atoms with van der Waals surface area (Å²) < 4.78 is 5.67. The maximum atomic E-state index is 5.67. The van der Waals surface area contributed by atoms with Gasteiger partial charge in [-0.15, -0.1) is 0 Å². The van der Waals surface area contributed by atoms with Crippen molar-refractivity contribution in [2.45, 2.75) is 51.9 Å². The van der Waals surface area contributed by atoms with E-state index in [0.29, 0.717) is 0 Å². The Hall–Kier alpha value is -1.03. The Balaban J connectivity index is 2.73. The molecule has 0 aliphatic carbocycles. The minimum Gasteiger partial charge on any atom is -0.0619 e. The molecule has 0 aromatic heterocycles. The van der Waals surface area contributed by atoms with Gasteiger partial charge < -0.3 is 0 Å². The monoisotopic (exact) mass is 359 g/mol. The van der Waals surface area contributed by atoms with Crippen molar-refractivity contribution in [2.75, 3.05) is 6.66 Å². The third kappa shape index (κ3) is 3.96. The summed E-state index contributed by atoms with van der Waals surface area (Å²) in [6.07, 6.45) is 0. The van der Waals surface area contributed by atoms with Crippen LogP contribution in [-0.2, 0) is 0 Å². The lowest BCUT2D eigenvalue weighted by Crippen LogP contribution is -2.32. The summed E-state index contributed by atoms with van der Waals surface area (Å²) in [4.78, 5) is 0. The lowest BCUT2D eigenvalue weighted by molar-refractivity contribution is 0.690. The van der Waals surface area contributed by atoms with Gasteiger partial charge in [0, 0.05) is 0 Å². The van der Waals surface area contributed by atoms with Crippen molar-refractivity contribution >= 4 is 25.7 Å². The Kier molecular flexibility index (Phi) is 5.68. The van der Waals surface area contributed by atoms with Gasteiger partial charge >= 0.3 is 7.71 Å². The first-order valence-electron chi connectivity index (χ1n) is 8.56. The van der Waals surface area contributed by atoms with Crippen LogP contribution >= 0.6 is 15.1 Å². The average molecular weight is 359 g/mol. The predicted octanol–water partition coefficient (Wildman–Crippen LogP) is 6.46. The molecule has 0 bridgehead atoms. The van der Waals surface area contributed by atoms with Gasteiger partial charge in [-0.25, -0.2) is 0 Å². The Labute approximate surface area is 149 Å². The zero-order valence-electron chi connectivity index (χ0n) is 16.1. The Bertz CT molecular complexity index is 637. The van der Waals surface area contributed by atoms with Crippen LogP contribution in [0.4, 0.5) is 0 Å². The van der Waals surface area contributed by atoms with Gasteiger partial charge in [0.15, 0.2) is 18.0 Å². The van der Waals surface area contributed by atoms with Crippen molar-refractivity contribution in [3.8, 4) is 0 Å². The van der Waals surface area contributed by atoms with Crippen LogP contribution in [-0.4, -0.2) is 17.0 Å². The molecule has 0 fully saturated rings. The molecule has 0 aliphatic heterocycles. The zero-order chi connectivity index (χ0) is 18.0. The highest BCUT2D eigenvalue weighted by Crippen LogP contribution is 2.77. The van der Waals surface area contributed by atoms with Crippen molar-refractivity contribution in [3.05, 3.63) is 60.7 Å². The van der Waals surface area contributed by atoms with Gasteiger partial charge in [0.25, 0.3) is 0 Å². The molecule has 0 spiro atoms.